The highest BCUT2D eigenvalue weighted by molar-refractivity contribution is 7.99. The van der Waals surface area contributed by atoms with Gasteiger partial charge in [-0.3, -0.25) is 4.79 Å². The number of hydrogen-bond acceptors (Lipinski definition) is 4. The van der Waals surface area contributed by atoms with Gasteiger partial charge in [0, 0.05) is 5.25 Å². The Balaban J connectivity index is 3.96. The van der Waals surface area contributed by atoms with Gasteiger partial charge in [-0.25, -0.2) is 0 Å². The fourth-order valence-corrected chi connectivity index (χ4v) is 2.25. The van der Waals surface area contributed by atoms with Crippen LogP contribution < -0.4 is 5.32 Å². The summed E-state index contributed by atoms with van der Waals surface area (Å²) in [7, 11) is 0. The summed E-state index contributed by atoms with van der Waals surface area (Å²) in [6.45, 7) is 6.63. The van der Waals surface area contributed by atoms with Crippen LogP contribution in [0.25, 0.3) is 0 Å². The Morgan fingerprint density at radius 2 is 2.18 bits per heavy atom. The summed E-state index contributed by atoms with van der Waals surface area (Å²) in [4.78, 5) is 11.2. The number of carboxylic acid groups (broad SMARTS) is 1. The van der Waals surface area contributed by atoms with Gasteiger partial charge in [0.1, 0.15) is 5.54 Å². The van der Waals surface area contributed by atoms with Crippen molar-refractivity contribution in [3.05, 3.63) is 0 Å². The summed E-state index contributed by atoms with van der Waals surface area (Å²) in [6, 6.07) is 0. The van der Waals surface area contributed by atoms with Crippen molar-refractivity contribution in [1.82, 2.24) is 5.32 Å². The molecule has 0 aromatic heterocycles. The first-order chi connectivity index (χ1) is 7.96. The number of hydrogen-bond donors (Lipinski definition) is 3. The maximum Gasteiger partial charge on any atom is 0.323 e. The van der Waals surface area contributed by atoms with E-state index < -0.39 is 11.5 Å². The highest BCUT2D eigenvalue weighted by Gasteiger charge is 2.31. The molecule has 0 fully saturated rings. The molecule has 0 bridgehead atoms. The minimum absolute atomic E-state index is 0.176. The van der Waals surface area contributed by atoms with Crippen LogP contribution in [0.3, 0.4) is 0 Å². The third-order valence-electron chi connectivity index (χ3n) is 2.72. The molecule has 4 nitrogen and oxygen atoms in total. The van der Waals surface area contributed by atoms with Gasteiger partial charge in [0.05, 0.1) is 6.61 Å². The van der Waals surface area contributed by atoms with Crippen LogP contribution >= 0.6 is 11.8 Å². The number of aliphatic hydroxyl groups is 1. The largest absolute Gasteiger partial charge is 0.480 e. The van der Waals surface area contributed by atoms with Crippen molar-refractivity contribution < 1.29 is 15.0 Å². The molecule has 0 aliphatic carbocycles. The van der Waals surface area contributed by atoms with Crippen LogP contribution in [0.4, 0.5) is 0 Å². The van der Waals surface area contributed by atoms with E-state index in [1.165, 1.54) is 0 Å². The maximum atomic E-state index is 11.2. The van der Waals surface area contributed by atoms with Crippen LogP contribution in [-0.4, -0.2) is 45.9 Å². The first-order valence-electron chi connectivity index (χ1n) is 6.17. The molecule has 0 saturated heterocycles. The van der Waals surface area contributed by atoms with E-state index in [0.717, 1.165) is 25.1 Å². The van der Waals surface area contributed by atoms with E-state index in [1.807, 2.05) is 13.8 Å². The first kappa shape index (κ1) is 16.7. The summed E-state index contributed by atoms with van der Waals surface area (Å²) < 4.78 is 0. The lowest BCUT2D eigenvalue weighted by Crippen LogP contribution is -2.49. The molecule has 0 aromatic rings. The zero-order valence-electron chi connectivity index (χ0n) is 11.0. The Morgan fingerprint density at radius 3 is 2.65 bits per heavy atom. The molecule has 0 heterocycles. The predicted molar refractivity (Wildman–Crippen MR) is 72.6 cm³/mol. The first-order valence-corrected chi connectivity index (χ1v) is 7.22. The molecular weight excluding hydrogens is 238 g/mol. The topological polar surface area (TPSA) is 69.6 Å². The molecule has 3 N–H and O–H groups in total. The summed E-state index contributed by atoms with van der Waals surface area (Å²) in [5, 5.41) is 21.4. The maximum absolute atomic E-state index is 11.2. The van der Waals surface area contributed by atoms with Gasteiger partial charge in [0.15, 0.2) is 0 Å². The van der Waals surface area contributed by atoms with Gasteiger partial charge in [-0.1, -0.05) is 13.8 Å². The number of aliphatic carboxylic acids is 1. The van der Waals surface area contributed by atoms with Crippen molar-refractivity contribution in [2.75, 3.05) is 18.9 Å². The van der Waals surface area contributed by atoms with Gasteiger partial charge in [-0.2, -0.15) is 11.8 Å². The van der Waals surface area contributed by atoms with Crippen molar-refractivity contribution in [3.63, 3.8) is 0 Å². The molecular formula is C12H25NO3S. The fourth-order valence-electron chi connectivity index (χ4n) is 1.43. The Bertz CT molecular complexity index is 226. The summed E-state index contributed by atoms with van der Waals surface area (Å²) >= 11 is 1.68. The lowest BCUT2D eigenvalue weighted by Gasteiger charge is -2.26. The van der Waals surface area contributed by atoms with Crippen LogP contribution in [-0.2, 0) is 4.79 Å². The number of carbonyl (C=O) groups is 1. The molecule has 0 rings (SSSR count). The van der Waals surface area contributed by atoms with Crippen LogP contribution in [0.1, 0.15) is 40.0 Å². The van der Waals surface area contributed by atoms with Crippen molar-refractivity contribution in [2.45, 2.75) is 50.8 Å². The molecule has 102 valence electrons. The number of nitrogens with one attached hydrogen (secondary N) is 1. The third-order valence-corrected chi connectivity index (χ3v) is 3.96. The van der Waals surface area contributed by atoms with E-state index in [9.17, 15) is 9.90 Å². The van der Waals surface area contributed by atoms with Crippen molar-refractivity contribution in [2.24, 2.45) is 0 Å². The molecule has 0 aliphatic rings. The monoisotopic (exact) mass is 263 g/mol. The third kappa shape index (κ3) is 6.91. The van der Waals surface area contributed by atoms with Crippen LogP contribution in [0.15, 0.2) is 0 Å². The number of rotatable bonds is 10. The zero-order chi connectivity index (χ0) is 13.3. The van der Waals surface area contributed by atoms with Crippen molar-refractivity contribution >= 4 is 17.7 Å². The molecule has 5 heteroatoms. The molecule has 0 saturated carbocycles. The molecule has 0 amide bonds. The smallest absolute Gasteiger partial charge is 0.323 e. The zero-order valence-corrected chi connectivity index (χ0v) is 11.8. The average molecular weight is 263 g/mol. The minimum Gasteiger partial charge on any atom is -0.480 e. The molecule has 2 atom stereocenters. The van der Waals surface area contributed by atoms with Gasteiger partial charge < -0.3 is 15.5 Å². The summed E-state index contributed by atoms with van der Waals surface area (Å²) in [5.41, 5.74) is -0.820. The Morgan fingerprint density at radius 1 is 1.53 bits per heavy atom. The predicted octanol–water partition coefficient (Wildman–Crippen LogP) is 1.72. The lowest BCUT2D eigenvalue weighted by atomic mass is 9.96. The summed E-state index contributed by atoms with van der Waals surface area (Å²) in [6.07, 6.45) is 2.39. The van der Waals surface area contributed by atoms with E-state index >= 15 is 0 Å². The SMILES string of the molecule is CCCNC(C)(CCCSC(C)CO)C(=O)O. The van der Waals surface area contributed by atoms with E-state index in [2.05, 4.69) is 5.32 Å². The van der Waals surface area contributed by atoms with Crippen LogP contribution in [0.5, 0.6) is 0 Å². The van der Waals surface area contributed by atoms with E-state index in [4.69, 9.17) is 5.11 Å². The highest BCUT2D eigenvalue weighted by atomic mass is 32.2. The number of aliphatic hydroxyl groups excluding tert-OH is 1. The minimum atomic E-state index is -0.820. The van der Waals surface area contributed by atoms with Gasteiger partial charge in [0.2, 0.25) is 0 Å². The van der Waals surface area contributed by atoms with E-state index in [-0.39, 0.29) is 11.9 Å². The molecule has 0 spiro atoms. The molecule has 0 aliphatic heterocycles. The Labute approximate surface area is 108 Å². The normalized spacial score (nSPS) is 16.5. The molecule has 0 aromatic carbocycles. The quantitative estimate of drug-likeness (QED) is 0.524. The van der Waals surface area contributed by atoms with Crippen LogP contribution in [0.2, 0.25) is 0 Å². The molecule has 2 unspecified atom stereocenters. The standard InChI is InChI=1S/C12H25NO3S/c1-4-7-13-12(3,11(15)16)6-5-8-17-10(2)9-14/h10,13-14H,4-9H2,1-3H3,(H,15,16). The molecule has 0 radical (unpaired) electrons. The fraction of sp³-hybridized carbons (Fsp3) is 0.917. The average Bonchev–Trinajstić information content (AvgIpc) is 2.31. The van der Waals surface area contributed by atoms with Crippen LogP contribution in [0, 0.1) is 0 Å². The highest BCUT2D eigenvalue weighted by Crippen LogP contribution is 2.18. The lowest BCUT2D eigenvalue weighted by molar-refractivity contribution is -0.144. The van der Waals surface area contributed by atoms with Gasteiger partial charge in [0.25, 0.3) is 0 Å². The van der Waals surface area contributed by atoms with Crippen molar-refractivity contribution in [3.8, 4) is 0 Å². The van der Waals surface area contributed by atoms with E-state index in [1.54, 1.807) is 18.7 Å². The summed E-state index contributed by atoms with van der Waals surface area (Å²) in [5.74, 6) is 0.101. The van der Waals surface area contributed by atoms with Gasteiger partial charge in [-0.15, -0.1) is 0 Å². The second-order valence-corrected chi connectivity index (χ2v) is 6.08. The second kappa shape index (κ2) is 8.78. The second-order valence-electron chi connectivity index (χ2n) is 4.53. The van der Waals surface area contributed by atoms with Gasteiger partial charge in [-0.05, 0) is 38.5 Å². The number of carboxylic acids is 1. The Hall–Kier alpha value is -0.260. The molecule has 17 heavy (non-hydrogen) atoms. The van der Waals surface area contributed by atoms with E-state index in [0.29, 0.717) is 6.42 Å². The van der Waals surface area contributed by atoms with Crippen molar-refractivity contribution in [1.29, 1.82) is 0 Å². The Kier molecular flexibility index (Phi) is 8.64. The number of thioether (sulfide) groups is 1. The van der Waals surface area contributed by atoms with Gasteiger partial charge >= 0.3 is 5.97 Å².